The van der Waals surface area contributed by atoms with Crippen molar-refractivity contribution in [3.63, 3.8) is 0 Å². The number of Topliss-reactive ketones (excluding diaryl/α,β-unsaturated/α-hetero) is 2. The molecule has 33 heavy (non-hydrogen) atoms. The van der Waals surface area contributed by atoms with Crippen LogP contribution in [0.5, 0.6) is 5.75 Å². The van der Waals surface area contributed by atoms with Crippen LogP contribution in [0, 0.1) is 0 Å². The van der Waals surface area contributed by atoms with E-state index in [-0.39, 0.29) is 40.5 Å². The van der Waals surface area contributed by atoms with E-state index >= 15 is 0 Å². The lowest BCUT2D eigenvalue weighted by atomic mass is 9.73. The van der Waals surface area contributed by atoms with Gasteiger partial charge in [0.1, 0.15) is 23.6 Å². The lowest BCUT2D eigenvalue weighted by Crippen LogP contribution is -2.53. The summed E-state index contributed by atoms with van der Waals surface area (Å²) in [7, 11) is 3.73. The second-order valence-corrected chi connectivity index (χ2v) is 9.95. The molecule has 2 fully saturated rings. The van der Waals surface area contributed by atoms with Gasteiger partial charge in [-0.2, -0.15) is 0 Å². The lowest BCUT2D eigenvalue weighted by Gasteiger charge is -2.43. The summed E-state index contributed by atoms with van der Waals surface area (Å²) in [5, 5.41) is 22.1. The second-order valence-electron chi connectivity index (χ2n) is 9.95. The zero-order chi connectivity index (χ0) is 23.6. The number of aromatic hydroxyl groups is 1. The number of carbonyl (C=O) groups is 3. The molecule has 174 valence electrons. The summed E-state index contributed by atoms with van der Waals surface area (Å²) in [6, 6.07) is 1.20. The summed E-state index contributed by atoms with van der Waals surface area (Å²) in [5.41, 5.74) is 0.146. The molecule has 1 aromatic rings. The lowest BCUT2D eigenvalue weighted by molar-refractivity contribution is -0.194. The van der Waals surface area contributed by atoms with E-state index < -0.39 is 53.7 Å². The molecule has 2 N–H and O–H groups in total. The minimum atomic E-state index is -1.15. The molecule has 0 spiro atoms. The van der Waals surface area contributed by atoms with Crippen molar-refractivity contribution in [1.82, 2.24) is 4.90 Å². The van der Waals surface area contributed by atoms with Crippen LogP contribution >= 0.6 is 0 Å². The number of hydrogen-bond acceptors (Lipinski definition) is 9. The van der Waals surface area contributed by atoms with Crippen molar-refractivity contribution in [2.24, 2.45) is 0 Å². The van der Waals surface area contributed by atoms with Gasteiger partial charge in [0.2, 0.25) is 0 Å². The Bertz CT molecular complexity index is 1190. The number of phenolic OH excluding ortho intramolecular Hbond substituents is 1. The number of ether oxygens (including phenoxy) is 3. The Morgan fingerprint density at radius 3 is 2.52 bits per heavy atom. The van der Waals surface area contributed by atoms with Crippen molar-refractivity contribution in [2.75, 3.05) is 14.1 Å². The number of ketones is 2. The van der Waals surface area contributed by atoms with Crippen molar-refractivity contribution in [3.05, 3.63) is 39.5 Å². The molecule has 4 heterocycles. The molecule has 9 nitrogen and oxygen atoms in total. The number of aliphatic hydroxyl groups is 1. The van der Waals surface area contributed by atoms with Gasteiger partial charge in [0.15, 0.2) is 17.7 Å². The quantitative estimate of drug-likeness (QED) is 0.601. The Morgan fingerprint density at radius 2 is 1.82 bits per heavy atom. The highest BCUT2D eigenvalue weighted by Gasteiger charge is 2.59. The van der Waals surface area contributed by atoms with Gasteiger partial charge in [0.25, 0.3) is 0 Å². The number of benzene rings is 1. The highest BCUT2D eigenvalue weighted by molar-refractivity contribution is 6.29. The van der Waals surface area contributed by atoms with Gasteiger partial charge in [0, 0.05) is 17.2 Å². The fourth-order valence-electron chi connectivity index (χ4n) is 6.35. The minimum absolute atomic E-state index is 0.0127. The Labute approximate surface area is 189 Å². The van der Waals surface area contributed by atoms with Crippen molar-refractivity contribution >= 4 is 17.5 Å². The van der Waals surface area contributed by atoms with Gasteiger partial charge in [-0.15, -0.1) is 0 Å². The largest absolute Gasteiger partial charge is 0.507 e. The molecule has 0 radical (unpaired) electrons. The third kappa shape index (κ3) is 2.48. The third-order valence-electron chi connectivity index (χ3n) is 7.91. The second kappa shape index (κ2) is 6.50. The van der Waals surface area contributed by atoms with Crippen LogP contribution in [-0.2, 0) is 24.6 Å². The van der Waals surface area contributed by atoms with Crippen molar-refractivity contribution in [2.45, 2.75) is 68.9 Å². The molecule has 5 aliphatic rings. The first-order valence-corrected chi connectivity index (χ1v) is 11.2. The molecule has 6 rings (SSSR count). The standard InChI is InChI=1S/C24H25NO8/c1-8-15-19(22-13(31-8)7-14(27)32-22)21(29)18-16-9(5-11(26)17(18)20(15)28)24(2)23(30)10(25(3)4)6-12(16)33-24/h5,8,10,12-13,22-23,26,30H,6-7H2,1-4H3/t8-,10+,12+,13-,22+,23-,24+/m1/s1. The van der Waals surface area contributed by atoms with Gasteiger partial charge in [-0.3, -0.25) is 14.4 Å². The average Bonchev–Trinajstić information content (AvgIpc) is 3.22. The normalized spacial score (nSPS) is 38.8. The molecule has 9 heteroatoms. The highest BCUT2D eigenvalue weighted by atomic mass is 16.6. The van der Waals surface area contributed by atoms with Crippen LogP contribution in [-0.4, -0.2) is 77.2 Å². The summed E-state index contributed by atoms with van der Waals surface area (Å²) < 4.78 is 17.5. The van der Waals surface area contributed by atoms with Gasteiger partial charge in [-0.25, -0.2) is 0 Å². The number of esters is 1. The fourth-order valence-corrected chi connectivity index (χ4v) is 6.35. The summed E-state index contributed by atoms with van der Waals surface area (Å²) in [6.07, 6.45) is -3.32. The molecule has 2 saturated heterocycles. The van der Waals surface area contributed by atoms with E-state index in [1.54, 1.807) is 13.8 Å². The number of likely N-dealkylation sites (N-methyl/N-ethyl adjacent to an activating group) is 1. The smallest absolute Gasteiger partial charge is 0.309 e. The van der Waals surface area contributed by atoms with Gasteiger partial charge in [0.05, 0.1) is 29.8 Å². The van der Waals surface area contributed by atoms with E-state index in [4.69, 9.17) is 14.2 Å². The number of hydrogen-bond donors (Lipinski definition) is 2. The van der Waals surface area contributed by atoms with E-state index in [0.29, 0.717) is 17.5 Å². The SMILES string of the molecule is C[C@H]1O[C@@H]2CC(=O)O[C@@H]2C2=C1C(=O)c1c(O)cc3c(c1C2=O)[C@@H]1C[C@H](N(C)C)[C@@H](O)[C@@]3(C)O1. The number of nitrogens with zero attached hydrogens (tertiary/aromatic N) is 1. The first kappa shape index (κ1) is 21.0. The Balaban J connectivity index is 1.58. The maximum atomic E-state index is 14.0. The molecular formula is C24H25NO8. The summed E-state index contributed by atoms with van der Waals surface area (Å²) in [5.74, 6) is -1.79. The molecule has 0 saturated carbocycles. The fraction of sp³-hybridized carbons (Fsp3) is 0.542. The monoisotopic (exact) mass is 455 g/mol. The van der Waals surface area contributed by atoms with Crippen LogP contribution in [0.4, 0.5) is 0 Å². The van der Waals surface area contributed by atoms with Gasteiger partial charge in [-0.1, -0.05) is 0 Å². The average molecular weight is 455 g/mol. The summed E-state index contributed by atoms with van der Waals surface area (Å²) >= 11 is 0. The van der Waals surface area contributed by atoms with Gasteiger partial charge >= 0.3 is 5.97 Å². The molecule has 2 bridgehead atoms. The van der Waals surface area contributed by atoms with Crippen molar-refractivity contribution < 1.29 is 38.8 Å². The Morgan fingerprint density at radius 1 is 1.12 bits per heavy atom. The van der Waals surface area contributed by atoms with Crippen LogP contribution in [0.1, 0.15) is 64.6 Å². The molecule has 1 aromatic carbocycles. The van der Waals surface area contributed by atoms with Crippen molar-refractivity contribution in [3.8, 4) is 5.75 Å². The minimum Gasteiger partial charge on any atom is -0.507 e. The zero-order valence-electron chi connectivity index (χ0n) is 18.7. The molecule has 0 aromatic heterocycles. The van der Waals surface area contributed by atoms with E-state index in [1.165, 1.54) is 6.07 Å². The maximum Gasteiger partial charge on any atom is 0.309 e. The zero-order valence-corrected chi connectivity index (χ0v) is 18.7. The molecular weight excluding hydrogens is 430 g/mol. The van der Waals surface area contributed by atoms with Crippen molar-refractivity contribution in [1.29, 1.82) is 0 Å². The Hall–Kier alpha value is -2.59. The number of phenols is 1. The van der Waals surface area contributed by atoms with E-state index in [2.05, 4.69) is 0 Å². The van der Waals surface area contributed by atoms with Gasteiger partial charge < -0.3 is 29.3 Å². The van der Waals surface area contributed by atoms with E-state index in [9.17, 15) is 24.6 Å². The van der Waals surface area contributed by atoms with Crippen LogP contribution in [0.3, 0.4) is 0 Å². The predicted molar refractivity (Wildman–Crippen MR) is 112 cm³/mol. The molecule has 0 amide bonds. The summed E-state index contributed by atoms with van der Waals surface area (Å²) in [4.78, 5) is 41.5. The molecule has 1 aliphatic carbocycles. The summed E-state index contributed by atoms with van der Waals surface area (Å²) in [6.45, 7) is 3.40. The Kier molecular flexibility index (Phi) is 4.13. The van der Waals surface area contributed by atoms with Crippen LogP contribution in [0.2, 0.25) is 0 Å². The molecule has 7 atom stereocenters. The first-order chi connectivity index (χ1) is 15.5. The molecule has 4 aliphatic heterocycles. The topological polar surface area (TPSA) is 123 Å². The predicted octanol–water partition coefficient (Wildman–Crippen LogP) is 1.15. The van der Waals surface area contributed by atoms with Crippen LogP contribution in [0.25, 0.3) is 0 Å². The number of aliphatic hydroxyl groups excluding tert-OH is 1. The maximum absolute atomic E-state index is 14.0. The number of fused-ring (bicyclic) bond motifs is 9. The number of carbonyl (C=O) groups excluding carboxylic acids is 3. The van der Waals surface area contributed by atoms with Crippen LogP contribution in [0.15, 0.2) is 17.2 Å². The molecule has 0 unspecified atom stereocenters. The number of rotatable bonds is 1. The van der Waals surface area contributed by atoms with Gasteiger partial charge in [-0.05, 0) is 51.6 Å². The third-order valence-corrected chi connectivity index (χ3v) is 7.91. The van der Waals surface area contributed by atoms with E-state index in [1.807, 2.05) is 19.0 Å². The highest BCUT2D eigenvalue weighted by Crippen LogP contribution is 2.57. The first-order valence-electron chi connectivity index (χ1n) is 11.2. The van der Waals surface area contributed by atoms with Crippen LogP contribution < -0.4 is 0 Å². The van der Waals surface area contributed by atoms with E-state index in [0.717, 1.165) is 0 Å².